The van der Waals surface area contributed by atoms with Crippen molar-refractivity contribution in [1.29, 1.82) is 0 Å². The molecule has 5 heteroatoms. The van der Waals surface area contributed by atoms with Crippen LogP contribution in [-0.4, -0.2) is 28.9 Å². The van der Waals surface area contributed by atoms with Crippen LogP contribution in [0.5, 0.6) is 0 Å². The van der Waals surface area contributed by atoms with Crippen LogP contribution in [-0.2, 0) is 19.1 Å². The Hall–Kier alpha value is -1.91. The van der Waals surface area contributed by atoms with Crippen LogP contribution < -0.4 is 0 Å². The molecular weight excluding hydrogens is 464 g/mol. The number of rotatable bonds is 6. The lowest BCUT2D eigenvalue weighted by Crippen LogP contribution is -2.56. The van der Waals surface area contributed by atoms with E-state index in [1.165, 1.54) is 23.6 Å². The molecule has 0 spiro atoms. The van der Waals surface area contributed by atoms with Gasteiger partial charge in [0, 0.05) is 30.1 Å². The smallest absolute Gasteiger partial charge is 0.307 e. The molecule has 0 aromatic heterocycles. The summed E-state index contributed by atoms with van der Waals surface area (Å²) in [5, 5.41) is 10.3. The van der Waals surface area contributed by atoms with Crippen molar-refractivity contribution < 1.29 is 24.2 Å². The highest BCUT2D eigenvalue weighted by Gasteiger charge is 2.67. The van der Waals surface area contributed by atoms with Crippen molar-refractivity contribution in [2.24, 2.45) is 39.4 Å². The van der Waals surface area contributed by atoms with Gasteiger partial charge in [-0.1, -0.05) is 57.4 Å². The highest BCUT2D eigenvalue weighted by atomic mass is 16.5. The number of carboxylic acid groups (broad SMARTS) is 1. The molecule has 0 heterocycles. The van der Waals surface area contributed by atoms with Gasteiger partial charge in [0.05, 0.1) is 5.92 Å². The molecule has 2 fully saturated rings. The van der Waals surface area contributed by atoms with Gasteiger partial charge in [0.1, 0.15) is 11.9 Å². The fraction of sp³-hybridized carbons (Fsp3) is 0.781. The molecule has 206 valence electrons. The summed E-state index contributed by atoms with van der Waals surface area (Å²) in [5.74, 6) is -1.54. The standard InChI is InChI=1S/C32H48O5/c1-19(2)10-9-11-21(28(35)36)27-24(34)18-32(8)23-12-13-25-29(4,5)26(37-20(3)33)15-16-30(25,6)22(23)14-17-31(27,32)7/h10,21,25-27H,9,11-18H2,1-8H3,(H,35,36)/t21-,25+,26+,27+,30-,31-,32+/m1/s1. The number of aliphatic carboxylic acids is 1. The summed E-state index contributed by atoms with van der Waals surface area (Å²) in [5.41, 5.74) is 3.43. The van der Waals surface area contributed by atoms with Gasteiger partial charge in [0.25, 0.3) is 0 Å². The number of Topliss-reactive ketones (excluding diaryl/α,β-unsaturated/α-hetero) is 1. The molecule has 0 aromatic carbocycles. The van der Waals surface area contributed by atoms with Crippen molar-refractivity contribution in [3.63, 3.8) is 0 Å². The molecule has 0 amide bonds. The summed E-state index contributed by atoms with van der Waals surface area (Å²) in [6, 6.07) is 0. The minimum Gasteiger partial charge on any atom is -0.481 e. The van der Waals surface area contributed by atoms with Crippen molar-refractivity contribution in [1.82, 2.24) is 0 Å². The highest BCUT2D eigenvalue weighted by molar-refractivity contribution is 5.91. The van der Waals surface area contributed by atoms with Crippen LogP contribution in [0, 0.1) is 39.4 Å². The number of allylic oxidation sites excluding steroid dienone is 4. The van der Waals surface area contributed by atoms with E-state index in [2.05, 4.69) is 40.7 Å². The van der Waals surface area contributed by atoms with Gasteiger partial charge in [-0.15, -0.1) is 0 Å². The Morgan fingerprint density at radius 1 is 1.03 bits per heavy atom. The first-order valence-corrected chi connectivity index (χ1v) is 14.4. The lowest BCUT2D eigenvalue weighted by molar-refractivity contribution is -0.167. The number of carbonyl (C=O) groups excluding carboxylic acids is 2. The molecule has 4 aliphatic rings. The number of esters is 1. The first kappa shape index (κ1) is 28.1. The molecule has 1 N–H and O–H groups in total. The highest BCUT2D eigenvalue weighted by Crippen LogP contribution is 2.72. The molecule has 0 bridgehead atoms. The Morgan fingerprint density at radius 3 is 2.30 bits per heavy atom. The maximum atomic E-state index is 13.7. The fourth-order valence-corrected chi connectivity index (χ4v) is 9.59. The zero-order valence-corrected chi connectivity index (χ0v) is 24.3. The van der Waals surface area contributed by atoms with Crippen LogP contribution in [0.25, 0.3) is 0 Å². The number of ketones is 1. The monoisotopic (exact) mass is 512 g/mol. The minimum atomic E-state index is -0.827. The molecule has 37 heavy (non-hydrogen) atoms. The van der Waals surface area contributed by atoms with E-state index >= 15 is 0 Å². The second-order valence-electron chi connectivity index (χ2n) is 14.1. The van der Waals surface area contributed by atoms with Gasteiger partial charge in [-0.3, -0.25) is 14.4 Å². The van der Waals surface area contributed by atoms with Gasteiger partial charge in [0.2, 0.25) is 0 Å². The predicted octanol–water partition coefficient (Wildman–Crippen LogP) is 7.29. The maximum Gasteiger partial charge on any atom is 0.307 e. The molecule has 5 nitrogen and oxygen atoms in total. The molecule has 0 unspecified atom stereocenters. The van der Waals surface area contributed by atoms with E-state index in [9.17, 15) is 19.5 Å². The topological polar surface area (TPSA) is 80.7 Å². The summed E-state index contributed by atoms with van der Waals surface area (Å²) in [4.78, 5) is 38.1. The summed E-state index contributed by atoms with van der Waals surface area (Å²) >= 11 is 0. The number of carbonyl (C=O) groups is 3. The first-order chi connectivity index (χ1) is 17.1. The number of hydrogen-bond donors (Lipinski definition) is 1. The average Bonchev–Trinajstić information content (AvgIpc) is 2.98. The van der Waals surface area contributed by atoms with Gasteiger partial charge < -0.3 is 9.84 Å². The SMILES string of the molecule is CC(=O)O[C@H]1CC[C@]2(C)C3=C(CC[C@H]2C1(C)C)[C@]1(C)CC(=O)[C@H]([C@@H](CCC=C(C)C)C(=O)O)[C@@]1(C)CC3. The second-order valence-corrected chi connectivity index (χ2v) is 14.1. The molecule has 4 aliphatic carbocycles. The van der Waals surface area contributed by atoms with Crippen molar-refractivity contribution in [2.75, 3.05) is 0 Å². The fourth-order valence-electron chi connectivity index (χ4n) is 9.59. The van der Waals surface area contributed by atoms with E-state index in [4.69, 9.17) is 4.74 Å². The van der Waals surface area contributed by atoms with Gasteiger partial charge in [-0.25, -0.2) is 0 Å². The Bertz CT molecular complexity index is 1050. The number of ether oxygens (including phenoxy) is 1. The second kappa shape index (κ2) is 9.38. The van der Waals surface area contributed by atoms with E-state index in [1.807, 2.05) is 13.8 Å². The molecular formula is C32H48O5. The first-order valence-electron chi connectivity index (χ1n) is 14.4. The Kier molecular flexibility index (Phi) is 7.12. The Labute approximate surface area is 223 Å². The lowest BCUT2D eigenvalue weighted by Gasteiger charge is -2.62. The van der Waals surface area contributed by atoms with Gasteiger partial charge in [-0.05, 0) is 82.0 Å². The summed E-state index contributed by atoms with van der Waals surface area (Å²) in [6.07, 6.45) is 9.31. The number of carboxylic acids is 1. The molecule has 0 aromatic rings. The van der Waals surface area contributed by atoms with E-state index in [-0.39, 0.29) is 39.5 Å². The van der Waals surface area contributed by atoms with Crippen LogP contribution in [0.3, 0.4) is 0 Å². The molecule has 0 aliphatic heterocycles. The van der Waals surface area contributed by atoms with Crippen molar-refractivity contribution in [3.8, 4) is 0 Å². The Morgan fingerprint density at radius 2 is 1.70 bits per heavy atom. The summed E-state index contributed by atoms with van der Waals surface area (Å²) in [7, 11) is 0. The van der Waals surface area contributed by atoms with Crippen LogP contribution in [0.2, 0.25) is 0 Å². The van der Waals surface area contributed by atoms with Crippen LogP contribution in [0.15, 0.2) is 22.8 Å². The average molecular weight is 513 g/mol. The summed E-state index contributed by atoms with van der Waals surface area (Å²) < 4.78 is 5.81. The largest absolute Gasteiger partial charge is 0.481 e. The van der Waals surface area contributed by atoms with E-state index in [1.54, 1.807) is 0 Å². The molecule has 0 saturated heterocycles. The van der Waals surface area contributed by atoms with Gasteiger partial charge >= 0.3 is 11.9 Å². The lowest BCUT2D eigenvalue weighted by atomic mass is 9.43. The predicted molar refractivity (Wildman–Crippen MR) is 145 cm³/mol. The molecule has 4 rings (SSSR count). The van der Waals surface area contributed by atoms with E-state index < -0.39 is 17.8 Å². The number of fused-ring (bicyclic) bond motifs is 4. The third kappa shape index (κ3) is 4.23. The van der Waals surface area contributed by atoms with Crippen LogP contribution in [0.1, 0.15) is 113 Å². The normalized spacial score (nSPS) is 39.2. The summed E-state index contributed by atoms with van der Waals surface area (Å²) in [6.45, 7) is 17.0. The number of hydrogen-bond acceptors (Lipinski definition) is 4. The van der Waals surface area contributed by atoms with E-state index in [0.717, 1.165) is 38.5 Å². The molecule has 7 atom stereocenters. The third-order valence-corrected chi connectivity index (χ3v) is 11.6. The van der Waals surface area contributed by atoms with E-state index in [0.29, 0.717) is 25.2 Å². The molecule has 2 saturated carbocycles. The zero-order valence-electron chi connectivity index (χ0n) is 24.3. The minimum absolute atomic E-state index is 0.0227. The van der Waals surface area contributed by atoms with Crippen LogP contribution >= 0.6 is 0 Å². The van der Waals surface area contributed by atoms with Gasteiger partial charge in [0.15, 0.2) is 0 Å². The zero-order chi connectivity index (χ0) is 27.6. The Balaban J connectivity index is 1.71. The third-order valence-electron chi connectivity index (χ3n) is 11.6. The quantitative estimate of drug-likeness (QED) is 0.298. The van der Waals surface area contributed by atoms with Crippen LogP contribution in [0.4, 0.5) is 0 Å². The maximum absolute atomic E-state index is 13.7. The van der Waals surface area contributed by atoms with Gasteiger partial charge in [-0.2, -0.15) is 0 Å². The van der Waals surface area contributed by atoms with Crippen molar-refractivity contribution in [3.05, 3.63) is 22.8 Å². The van der Waals surface area contributed by atoms with Crippen molar-refractivity contribution in [2.45, 2.75) is 119 Å². The molecule has 0 radical (unpaired) electrons. The van der Waals surface area contributed by atoms with Crippen molar-refractivity contribution >= 4 is 17.7 Å².